The van der Waals surface area contributed by atoms with Gasteiger partial charge in [-0.3, -0.25) is 9.59 Å². The van der Waals surface area contributed by atoms with Crippen molar-refractivity contribution in [2.75, 3.05) is 18.4 Å². The summed E-state index contributed by atoms with van der Waals surface area (Å²) < 4.78 is 31.7. The van der Waals surface area contributed by atoms with E-state index in [9.17, 15) is 22.8 Å². The molecule has 0 bridgehead atoms. The number of carboxylic acids is 2. The van der Waals surface area contributed by atoms with Gasteiger partial charge in [-0.2, -0.15) is 13.2 Å². The van der Waals surface area contributed by atoms with Crippen LogP contribution >= 0.6 is 11.3 Å². The van der Waals surface area contributed by atoms with Gasteiger partial charge in [-0.1, -0.05) is 6.07 Å². The highest BCUT2D eigenvalue weighted by atomic mass is 32.1. The number of anilines is 2. The molecule has 166 valence electrons. The average Bonchev–Trinajstić information content (AvgIpc) is 3.27. The molecule has 13 heteroatoms. The minimum Gasteiger partial charge on any atom is -0.481 e. The van der Waals surface area contributed by atoms with E-state index in [1.165, 1.54) is 11.3 Å². The van der Waals surface area contributed by atoms with E-state index in [4.69, 9.17) is 15.0 Å². The van der Waals surface area contributed by atoms with Crippen molar-refractivity contribution in [3.05, 3.63) is 35.5 Å². The second-order valence-corrected chi connectivity index (χ2v) is 7.77. The van der Waals surface area contributed by atoms with Gasteiger partial charge in [-0.25, -0.2) is 14.8 Å². The van der Waals surface area contributed by atoms with Crippen molar-refractivity contribution in [3.63, 3.8) is 0 Å². The number of carbonyl (C=O) groups excluding carboxylic acids is 1. The number of carboxylic acid groups (broad SMARTS) is 2. The fourth-order valence-corrected chi connectivity index (χ4v) is 4.12. The van der Waals surface area contributed by atoms with Gasteiger partial charge in [0.1, 0.15) is 11.5 Å². The summed E-state index contributed by atoms with van der Waals surface area (Å²) in [5.41, 5.74) is 0.393. The summed E-state index contributed by atoms with van der Waals surface area (Å²) in [4.78, 5) is 42.8. The van der Waals surface area contributed by atoms with Gasteiger partial charge >= 0.3 is 18.1 Å². The number of nitrogens with one attached hydrogen (secondary N) is 1. The van der Waals surface area contributed by atoms with Gasteiger partial charge in [0.05, 0.1) is 5.92 Å². The fourth-order valence-electron chi connectivity index (χ4n) is 3.43. The Labute approximate surface area is 177 Å². The first-order valence-corrected chi connectivity index (χ1v) is 9.91. The van der Waals surface area contributed by atoms with Crippen molar-refractivity contribution >= 4 is 40.1 Å². The SMILES string of the molecule is O=C(O)C(F)(F)F.O=C(O)[C@@H]1[C@@H]2CCN(C(=O)c3csc(Nc4ccccn4)n3)C[C@@H]21. The second kappa shape index (κ2) is 8.88. The molecule has 2 aliphatic rings. The van der Waals surface area contributed by atoms with Crippen molar-refractivity contribution in [2.45, 2.75) is 12.6 Å². The number of nitrogens with zero attached hydrogens (tertiary/aromatic N) is 3. The van der Waals surface area contributed by atoms with Gasteiger partial charge in [-0.05, 0) is 30.4 Å². The first-order chi connectivity index (χ1) is 14.6. The number of thiazole rings is 1. The number of pyridine rings is 1. The smallest absolute Gasteiger partial charge is 0.481 e. The van der Waals surface area contributed by atoms with Gasteiger partial charge in [0.2, 0.25) is 0 Å². The summed E-state index contributed by atoms with van der Waals surface area (Å²) >= 11 is 1.35. The number of amides is 1. The molecule has 0 radical (unpaired) electrons. The zero-order chi connectivity index (χ0) is 22.8. The maximum atomic E-state index is 12.6. The predicted molar refractivity (Wildman–Crippen MR) is 102 cm³/mol. The fraction of sp³-hybridized carbons (Fsp3) is 0.389. The van der Waals surface area contributed by atoms with Gasteiger partial charge in [0.25, 0.3) is 5.91 Å². The zero-order valence-corrected chi connectivity index (χ0v) is 16.6. The molecule has 2 fully saturated rings. The van der Waals surface area contributed by atoms with Crippen molar-refractivity contribution < 1.29 is 37.8 Å². The predicted octanol–water partition coefficient (Wildman–Crippen LogP) is 2.71. The maximum absolute atomic E-state index is 12.6. The Hall–Kier alpha value is -3.22. The molecule has 1 aliphatic carbocycles. The Balaban J connectivity index is 0.000000339. The summed E-state index contributed by atoms with van der Waals surface area (Å²) in [6.45, 7) is 1.12. The van der Waals surface area contributed by atoms with E-state index >= 15 is 0 Å². The van der Waals surface area contributed by atoms with Crippen LogP contribution in [0, 0.1) is 17.8 Å². The van der Waals surface area contributed by atoms with Crippen molar-refractivity contribution in [1.82, 2.24) is 14.9 Å². The molecule has 0 spiro atoms. The van der Waals surface area contributed by atoms with Gasteiger partial charge in [0, 0.05) is 24.7 Å². The Morgan fingerprint density at radius 3 is 2.48 bits per heavy atom. The number of alkyl halides is 3. The minimum atomic E-state index is -5.08. The number of halogens is 3. The molecule has 9 nitrogen and oxygen atoms in total. The highest BCUT2D eigenvalue weighted by Gasteiger charge is 2.57. The van der Waals surface area contributed by atoms with E-state index in [2.05, 4.69) is 15.3 Å². The highest BCUT2D eigenvalue weighted by molar-refractivity contribution is 7.14. The van der Waals surface area contributed by atoms with Gasteiger partial charge in [-0.15, -0.1) is 11.3 Å². The van der Waals surface area contributed by atoms with E-state index in [1.807, 2.05) is 18.2 Å². The van der Waals surface area contributed by atoms with Crippen LogP contribution in [0.25, 0.3) is 0 Å². The van der Waals surface area contributed by atoms with Crippen LogP contribution in [0.2, 0.25) is 0 Å². The molecule has 1 saturated heterocycles. The molecule has 1 aliphatic heterocycles. The van der Waals surface area contributed by atoms with E-state index in [0.29, 0.717) is 29.7 Å². The monoisotopic (exact) mass is 458 g/mol. The number of aromatic nitrogens is 2. The number of aliphatic carboxylic acids is 2. The molecular weight excluding hydrogens is 441 g/mol. The second-order valence-electron chi connectivity index (χ2n) is 6.91. The first kappa shape index (κ1) is 22.5. The molecule has 0 aromatic carbocycles. The van der Waals surface area contributed by atoms with Crippen LogP contribution < -0.4 is 5.32 Å². The molecule has 1 saturated carbocycles. The topological polar surface area (TPSA) is 133 Å². The molecule has 3 heterocycles. The number of likely N-dealkylation sites (tertiary alicyclic amines) is 1. The first-order valence-electron chi connectivity index (χ1n) is 9.03. The van der Waals surface area contributed by atoms with Crippen LogP contribution in [0.3, 0.4) is 0 Å². The molecule has 4 rings (SSSR count). The Bertz CT molecular complexity index is 969. The number of carbonyl (C=O) groups is 3. The summed E-state index contributed by atoms with van der Waals surface area (Å²) in [5.74, 6) is -2.89. The third-order valence-corrected chi connectivity index (χ3v) is 5.69. The maximum Gasteiger partial charge on any atom is 0.490 e. The van der Waals surface area contributed by atoms with E-state index in [0.717, 1.165) is 6.42 Å². The summed E-state index contributed by atoms with van der Waals surface area (Å²) in [6.07, 6.45) is -2.64. The highest BCUT2D eigenvalue weighted by Crippen LogP contribution is 2.51. The molecule has 2 aromatic heterocycles. The number of fused-ring (bicyclic) bond motifs is 1. The lowest BCUT2D eigenvalue weighted by molar-refractivity contribution is -0.192. The van der Waals surface area contributed by atoms with Gasteiger partial charge in [0.15, 0.2) is 5.13 Å². The van der Waals surface area contributed by atoms with Gasteiger partial charge < -0.3 is 20.4 Å². The van der Waals surface area contributed by atoms with Crippen molar-refractivity contribution in [1.29, 1.82) is 0 Å². The van der Waals surface area contributed by atoms with Crippen LogP contribution in [-0.2, 0) is 9.59 Å². The third kappa shape index (κ3) is 5.48. The van der Waals surface area contributed by atoms with E-state index < -0.39 is 18.1 Å². The Morgan fingerprint density at radius 2 is 1.90 bits per heavy atom. The number of hydrogen-bond acceptors (Lipinski definition) is 7. The number of piperidine rings is 1. The Morgan fingerprint density at radius 1 is 1.19 bits per heavy atom. The number of rotatable bonds is 4. The summed E-state index contributed by atoms with van der Waals surface area (Å²) in [6, 6.07) is 5.52. The lowest BCUT2D eigenvalue weighted by Crippen LogP contribution is -2.37. The molecule has 0 unspecified atom stereocenters. The lowest BCUT2D eigenvalue weighted by atomic mass is 10.1. The van der Waals surface area contributed by atoms with E-state index in [1.54, 1.807) is 16.5 Å². The molecule has 31 heavy (non-hydrogen) atoms. The van der Waals surface area contributed by atoms with Crippen LogP contribution in [0.1, 0.15) is 16.9 Å². The summed E-state index contributed by atoms with van der Waals surface area (Å²) in [7, 11) is 0. The van der Waals surface area contributed by atoms with Crippen LogP contribution in [-0.4, -0.2) is 62.2 Å². The quantitative estimate of drug-likeness (QED) is 0.637. The van der Waals surface area contributed by atoms with Crippen LogP contribution in [0.4, 0.5) is 24.1 Å². The summed E-state index contributed by atoms with van der Waals surface area (Å²) in [5, 5.41) is 21.7. The Kier molecular flexibility index (Phi) is 6.43. The minimum absolute atomic E-state index is 0.102. The molecule has 2 aromatic rings. The van der Waals surface area contributed by atoms with Crippen molar-refractivity contribution in [3.8, 4) is 0 Å². The molecule has 3 N–H and O–H groups in total. The average molecular weight is 458 g/mol. The lowest BCUT2D eigenvalue weighted by Gasteiger charge is -2.25. The van der Waals surface area contributed by atoms with Crippen molar-refractivity contribution in [2.24, 2.45) is 17.8 Å². The number of hydrogen-bond donors (Lipinski definition) is 3. The molecule has 3 atom stereocenters. The van der Waals surface area contributed by atoms with Crippen LogP contribution in [0.5, 0.6) is 0 Å². The third-order valence-electron chi connectivity index (χ3n) is 4.93. The standard InChI is InChI=1S/C16H16N4O3S.C2HF3O2/c21-14(20-6-4-9-10(7-20)13(9)15(22)23)11-8-24-16(18-11)19-12-3-1-2-5-17-12;3-2(4,5)1(6)7/h1-3,5,8-10,13H,4,6-7H2,(H,22,23)(H,17,18,19);(H,6,7)/t9-,10+,13-;/m1./s1. The zero-order valence-electron chi connectivity index (χ0n) is 15.7. The normalized spacial score (nSPS) is 21.9. The molecule has 1 amide bonds. The van der Waals surface area contributed by atoms with E-state index in [-0.39, 0.29) is 23.7 Å². The molecular formula is C18H17F3N4O5S. The van der Waals surface area contributed by atoms with Crippen LogP contribution in [0.15, 0.2) is 29.8 Å². The largest absolute Gasteiger partial charge is 0.490 e.